The smallest absolute Gasteiger partial charge is 0.119 e. The van der Waals surface area contributed by atoms with E-state index in [1.807, 2.05) is 0 Å². The lowest BCUT2D eigenvalue weighted by Crippen LogP contribution is -2.10. The molecule has 1 saturated carbocycles. The summed E-state index contributed by atoms with van der Waals surface area (Å²) >= 11 is 0. The first-order valence-corrected chi connectivity index (χ1v) is 8.14. The number of hydrogen-bond donors (Lipinski definition) is 0. The number of aryl methyl sites for hydroxylation is 1. The first-order chi connectivity index (χ1) is 9.38. The summed E-state index contributed by atoms with van der Waals surface area (Å²) in [5.74, 6) is 1.08. The molecular weight excluding hydrogens is 232 g/mol. The molecule has 0 radical (unpaired) electrons. The molecule has 0 aromatic heterocycles. The monoisotopic (exact) mass is 260 g/mol. The van der Waals surface area contributed by atoms with Crippen LogP contribution in [-0.4, -0.2) is 6.10 Å². The third-order valence-corrected chi connectivity index (χ3v) is 4.07. The van der Waals surface area contributed by atoms with E-state index >= 15 is 0 Å². The van der Waals surface area contributed by atoms with Crippen LogP contribution in [0.3, 0.4) is 0 Å². The summed E-state index contributed by atoms with van der Waals surface area (Å²) in [6.45, 7) is 2.27. The molecule has 0 unspecified atom stereocenters. The van der Waals surface area contributed by atoms with Crippen molar-refractivity contribution in [1.82, 2.24) is 0 Å². The highest BCUT2D eigenvalue weighted by atomic mass is 16.5. The molecule has 0 saturated heterocycles. The van der Waals surface area contributed by atoms with E-state index in [1.54, 1.807) is 0 Å². The van der Waals surface area contributed by atoms with Crippen LogP contribution in [-0.2, 0) is 6.42 Å². The Balaban J connectivity index is 1.74. The highest BCUT2D eigenvalue weighted by Crippen LogP contribution is 2.25. The van der Waals surface area contributed by atoms with Gasteiger partial charge in [-0.1, -0.05) is 44.7 Å². The summed E-state index contributed by atoms with van der Waals surface area (Å²) in [6, 6.07) is 8.74. The third kappa shape index (κ3) is 5.26. The zero-order valence-electron chi connectivity index (χ0n) is 12.4. The van der Waals surface area contributed by atoms with Gasteiger partial charge in [-0.05, 0) is 56.2 Å². The second-order valence-electron chi connectivity index (χ2n) is 5.84. The molecule has 2 rings (SSSR count). The van der Waals surface area contributed by atoms with E-state index in [4.69, 9.17) is 4.74 Å². The summed E-state index contributed by atoms with van der Waals surface area (Å²) in [7, 11) is 0. The van der Waals surface area contributed by atoms with Crippen molar-refractivity contribution in [3.05, 3.63) is 29.8 Å². The molecule has 0 aliphatic heterocycles. The number of ether oxygens (including phenoxy) is 1. The average Bonchev–Trinajstić information content (AvgIpc) is 2.92. The fourth-order valence-electron chi connectivity index (χ4n) is 2.91. The fraction of sp³-hybridized carbons (Fsp3) is 0.667. The average molecular weight is 260 g/mol. The van der Waals surface area contributed by atoms with Crippen molar-refractivity contribution in [2.75, 3.05) is 0 Å². The Kier molecular flexibility index (Phi) is 6.26. The molecule has 1 nitrogen and oxygen atoms in total. The van der Waals surface area contributed by atoms with Crippen molar-refractivity contribution in [2.45, 2.75) is 77.2 Å². The minimum Gasteiger partial charge on any atom is -0.490 e. The maximum Gasteiger partial charge on any atom is 0.119 e. The first kappa shape index (κ1) is 14.4. The molecular formula is C18H28O. The van der Waals surface area contributed by atoms with Crippen LogP contribution in [0.5, 0.6) is 5.75 Å². The lowest BCUT2D eigenvalue weighted by molar-refractivity contribution is 0.210. The molecule has 1 aliphatic carbocycles. The molecule has 0 atom stereocenters. The highest BCUT2D eigenvalue weighted by Gasteiger charge is 2.16. The second-order valence-corrected chi connectivity index (χ2v) is 5.84. The number of unbranched alkanes of at least 4 members (excludes halogenated alkanes) is 4. The number of benzene rings is 1. The number of rotatable bonds is 8. The Hall–Kier alpha value is -0.980. The maximum absolute atomic E-state index is 6.06. The van der Waals surface area contributed by atoms with Crippen LogP contribution in [0, 0.1) is 0 Å². The lowest BCUT2D eigenvalue weighted by atomic mass is 10.1. The van der Waals surface area contributed by atoms with Gasteiger partial charge in [0.2, 0.25) is 0 Å². The lowest BCUT2D eigenvalue weighted by Gasteiger charge is -2.13. The molecule has 1 heteroatoms. The Morgan fingerprint density at radius 2 is 1.84 bits per heavy atom. The van der Waals surface area contributed by atoms with Gasteiger partial charge in [-0.25, -0.2) is 0 Å². The van der Waals surface area contributed by atoms with Gasteiger partial charge in [0, 0.05) is 0 Å². The fourth-order valence-corrected chi connectivity index (χ4v) is 2.91. The molecule has 106 valence electrons. The predicted octanol–water partition coefficient (Wildman–Crippen LogP) is 5.52. The Morgan fingerprint density at radius 1 is 1.05 bits per heavy atom. The summed E-state index contributed by atoms with van der Waals surface area (Å²) in [5, 5.41) is 0. The van der Waals surface area contributed by atoms with E-state index in [0.29, 0.717) is 6.10 Å². The van der Waals surface area contributed by atoms with E-state index < -0.39 is 0 Å². The Morgan fingerprint density at radius 3 is 2.63 bits per heavy atom. The van der Waals surface area contributed by atoms with Crippen LogP contribution >= 0.6 is 0 Å². The largest absolute Gasteiger partial charge is 0.490 e. The minimum atomic E-state index is 0.472. The van der Waals surface area contributed by atoms with E-state index in [2.05, 4.69) is 31.2 Å². The van der Waals surface area contributed by atoms with E-state index in [-0.39, 0.29) is 0 Å². The van der Waals surface area contributed by atoms with Gasteiger partial charge < -0.3 is 4.74 Å². The first-order valence-electron chi connectivity index (χ1n) is 8.14. The molecule has 1 aromatic rings. The van der Waals surface area contributed by atoms with Gasteiger partial charge in [-0.3, -0.25) is 0 Å². The SMILES string of the molecule is CCCCCCCc1cccc(OC2CCCC2)c1. The Labute approximate surface area is 118 Å². The van der Waals surface area contributed by atoms with Crippen LogP contribution < -0.4 is 4.74 Å². The summed E-state index contributed by atoms with van der Waals surface area (Å²) in [5.41, 5.74) is 1.44. The molecule has 1 fully saturated rings. The van der Waals surface area contributed by atoms with Crippen LogP contribution in [0.4, 0.5) is 0 Å². The van der Waals surface area contributed by atoms with E-state index in [9.17, 15) is 0 Å². The van der Waals surface area contributed by atoms with Crippen molar-refractivity contribution in [2.24, 2.45) is 0 Å². The van der Waals surface area contributed by atoms with E-state index in [0.717, 1.165) is 5.75 Å². The van der Waals surface area contributed by atoms with Crippen molar-refractivity contribution in [3.8, 4) is 5.75 Å². The Bertz CT molecular complexity index is 352. The van der Waals surface area contributed by atoms with Gasteiger partial charge in [0.05, 0.1) is 6.10 Å². The van der Waals surface area contributed by atoms with Crippen molar-refractivity contribution in [3.63, 3.8) is 0 Å². The van der Waals surface area contributed by atoms with Gasteiger partial charge in [0.15, 0.2) is 0 Å². The zero-order chi connectivity index (χ0) is 13.3. The zero-order valence-corrected chi connectivity index (χ0v) is 12.4. The standard InChI is InChI=1S/C18H28O/c1-2-3-4-5-6-10-16-11-9-14-18(15-16)19-17-12-7-8-13-17/h9,11,14-15,17H,2-8,10,12-13H2,1H3. The van der Waals surface area contributed by atoms with E-state index in [1.165, 1.54) is 69.8 Å². The minimum absolute atomic E-state index is 0.472. The van der Waals surface area contributed by atoms with Gasteiger partial charge in [-0.2, -0.15) is 0 Å². The number of hydrogen-bond acceptors (Lipinski definition) is 1. The van der Waals surface area contributed by atoms with Crippen LogP contribution in [0.25, 0.3) is 0 Å². The molecule has 0 bridgehead atoms. The second kappa shape index (κ2) is 8.24. The van der Waals surface area contributed by atoms with Crippen molar-refractivity contribution >= 4 is 0 Å². The maximum atomic E-state index is 6.06. The highest BCUT2D eigenvalue weighted by molar-refractivity contribution is 5.28. The normalized spacial score (nSPS) is 15.8. The molecule has 0 N–H and O–H groups in total. The van der Waals surface area contributed by atoms with Crippen LogP contribution in [0.1, 0.15) is 70.3 Å². The van der Waals surface area contributed by atoms with Crippen LogP contribution in [0.2, 0.25) is 0 Å². The van der Waals surface area contributed by atoms with Gasteiger partial charge in [0.25, 0.3) is 0 Å². The molecule has 0 spiro atoms. The third-order valence-electron chi connectivity index (χ3n) is 4.07. The van der Waals surface area contributed by atoms with Gasteiger partial charge in [-0.15, -0.1) is 0 Å². The van der Waals surface area contributed by atoms with Crippen LogP contribution in [0.15, 0.2) is 24.3 Å². The predicted molar refractivity (Wildman–Crippen MR) is 81.8 cm³/mol. The molecule has 1 aromatic carbocycles. The molecule has 0 heterocycles. The van der Waals surface area contributed by atoms with Gasteiger partial charge in [0.1, 0.15) is 5.75 Å². The molecule has 19 heavy (non-hydrogen) atoms. The molecule has 0 amide bonds. The summed E-state index contributed by atoms with van der Waals surface area (Å²) < 4.78 is 6.06. The van der Waals surface area contributed by atoms with Gasteiger partial charge >= 0.3 is 0 Å². The van der Waals surface area contributed by atoms with Crippen molar-refractivity contribution in [1.29, 1.82) is 0 Å². The summed E-state index contributed by atoms with van der Waals surface area (Å²) in [4.78, 5) is 0. The van der Waals surface area contributed by atoms with Crippen molar-refractivity contribution < 1.29 is 4.74 Å². The topological polar surface area (TPSA) is 9.23 Å². The molecule has 1 aliphatic rings. The quantitative estimate of drug-likeness (QED) is 0.559. The summed E-state index contributed by atoms with van der Waals surface area (Å²) in [6.07, 6.45) is 13.6.